The zero-order chi connectivity index (χ0) is 13.2. The van der Waals surface area contributed by atoms with E-state index in [4.69, 9.17) is 5.73 Å². The highest BCUT2D eigenvalue weighted by atomic mass is 19.4. The highest BCUT2D eigenvalue weighted by Gasteiger charge is 2.33. The summed E-state index contributed by atoms with van der Waals surface area (Å²) in [6.45, 7) is 0.362. The molecule has 0 aromatic carbocycles. The van der Waals surface area contributed by atoms with Crippen LogP contribution in [0.1, 0.15) is 37.8 Å². The molecule has 0 amide bonds. The monoisotopic (exact) mass is 261 g/mol. The second kappa shape index (κ2) is 5.30. The molecular formula is C12H18F3N3. The van der Waals surface area contributed by atoms with E-state index in [2.05, 4.69) is 5.10 Å². The van der Waals surface area contributed by atoms with Crippen molar-refractivity contribution in [3.05, 3.63) is 18.0 Å². The van der Waals surface area contributed by atoms with Crippen LogP contribution in [0.3, 0.4) is 0 Å². The number of aromatic nitrogens is 2. The third-order valence-corrected chi connectivity index (χ3v) is 3.58. The topological polar surface area (TPSA) is 43.8 Å². The molecule has 1 aliphatic carbocycles. The number of alkyl halides is 3. The molecule has 1 aliphatic rings. The van der Waals surface area contributed by atoms with Gasteiger partial charge < -0.3 is 5.73 Å². The second-order valence-electron chi connectivity index (χ2n) is 4.98. The molecule has 0 radical (unpaired) electrons. The molecule has 6 heteroatoms. The number of rotatable bonds is 3. The van der Waals surface area contributed by atoms with Gasteiger partial charge in [0.15, 0.2) is 5.69 Å². The molecule has 0 saturated heterocycles. The molecule has 1 aromatic rings. The Morgan fingerprint density at radius 1 is 1.33 bits per heavy atom. The van der Waals surface area contributed by atoms with Crippen LogP contribution in [0.25, 0.3) is 0 Å². The van der Waals surface area contributed by atoms with Crippen LogP contribution in [0.5, 0.6) is 0 Å². The van der Waals surface area contributed by atoms with Gasteiger partial charge in [-0.25, -0.2) is 0 Å². The van der Waals surface area contributed by atoms with Gasteiger partial charge in [0.25, 0.3) is 0 Å². The van der Waals surface area contributed by atoms with Gasteiger partial charge in [0.2, 0.25) is 0 Å². The number of nitrogens with two attached hydrogens (primary N) is 1. The SMILES string of the molecule is NC(Cn1ccc(C(F)(F)F)n1)C1CCCCC1. The Labute approximate surface area is 104 Å². The minimum atomic E-state index is -4.37. The zero-order valence-electron chi connectivity index (χ0n) is 10.2. The fourth-order valence-corrected chi connectivity index (χ4v) is 2.54. The fourth-order valence-electron chi connectivity index (χ4n) is 2.54. The van der Waals surface area contributed by atoms with E-state index in [0.717, 1.165) is 18.9 Å². The van der Waals surface area contributed by atoms with Gasteiger partial charge in [0.1, 0.15) is 0 Å². The van der Waals surface area contributed by atoms with Crippen molar-refractivity contribution in [1.29, 1.82) is 0 Å². The van der Waals surface area contributed by atoms with E-state index in [9.17, 15) is 13.2 Å². The summed E-state index contributed by atoms with van der Waals surface area (Å²) in [4.78, 5) is 0. The van der Waals surface area contributed by atoms with Crippen LogP contribution in [-0.4, -0.2) is 15.8 Å². The molecule has 2 rings (SSSR count). The Morgan fingerprint density at radius 2 is 2.00 bits per heavy atom. The first kappa shape index (κ1) is 13.4. The molecule has 3 nitrogen and oxygen atoms in total. The Kier molecular flexibility index (Phi) is 3.94. The van der Waals surface area contributed by atoms with E-state index in [1.165, 1.54) is 30.1 Å². The zero-order valence-corrected chi connectivity index (χ0v) is 10.2. The Balaban J connectivity index is 1.94. The summed E-state index contributed by atoms with van der Waals surface area (Å²) in [5, 5.41) is 3.53. The normalized spacial score (nSPS) is 20.0. The molecule has 2 N–H and O–H groups in total. The molecule has 1 saturated carbocycles. The lowest BCUT2D eigenvalue weighted by atomic mass is 9.84. The Bertz CT molecular complexity index is 380. The molecule has 1 aromatic heterocycles. The molecule has 0 bridgehead atoms. The van der Waals surface area contributed by atoms with E-state index in [-0.39, 0.29) is 6.04 Å². The molecule has 102 valence electrons. The van der Waals surface area contributed by atoms with Crippen molar-refractivity contribution in [2.45, 2.75) is 50.9 Å². The van der Waals surface area contributed by atoms with Gasteiger partial charge >= 0.3 is 6.18 Å². The number of halogens is 3. The first-order chi connectivity index (χ1) is 8.47. The highest BCUT2D eigenvalue weighted by Crippen LogP contribution is 2.28. The molecule has 0 spiro atoms. The fraction of sp³-hybridized carbons (Fsp3) is 0.750. The third kappa shape index (κ3) is 3.25. The van der Waals surface area contributed by atoms with Crippen LogP contribution in [-0.2, 0) is 12.7 Å². The predicted molar refractivity (Wildman–Crippen MR) is 61.8 cm³/mol. The summed E-state index contributed by atoms with van der Waals surface area (Å²) in [5.41, 5.74) is 5.21. The smallest absolute Gasteiger partial charge is 0.326 e. The highest BCUT2D eigenvalue weighted by molar-refractivity contribution is 5.03. The van der Waals surface area contributed by atoms with Gasteiger partial charge in [-0.1, -0.05) is 19.3 Å². The van der Waals surface area contributed by atoms with Crippen molar-refractivity contribution in [3.63, 3.8) is 0 Å². The van der Waals surface area contributed by atoms with Gasteiger partial charge in [0, 0.05) is 12.2 Å². The second-order valence-corrected chi connectivity index (χ2v) is 4.98. The third-order valence-electron chi connectivity index (χ3n) is 3.58. The summed E-state index contributed by atoms with van der Waals surface area (Å²) in [7, 11) is 0. The van der Waals surface area contributed by atoms with E-state index in [0.29, 0.717) is 12.5 Å². The number of hydrogen-bond donors (Lipinski definition) is 1. The van der Waals surface area contributed by atoms with Gasteiger partial charge in [-0.2, -0.15) is 18.3 Å². The maximum absolute atomic E-state index is 12.4. The van der Waals surface area contributed by atoms with Crippen molar-refractivity contribution < 1.29 is 13.2 Å². The minimum absolute atomic E-state index is 0.105. The van der Waals surface area contributed by atoms with Crippen molar-refractivity contribution in [1.82, 2.24) is 9.78 Å². The standard InChI is InChI=1S/C12H18F3N3/c13-12(14,15)11-6-7-18(17-11)8-10(16)9-4-2-1-3-5-9/h6-7,9-10H,1-5,8,16H2. The average molecular weight is 261 g/mol. The van der Waals surface area contributed by atoms with Gasteiger partial charge in [-0.15, -0.1) is 0 Å². The van der Waals surface area contributed by atoms with Gasteiger partial charge in [-0.3, -0.25) is 4.68 Å². The van der Waals surface area contributed by atoms with E-state index < -0.39 is 11.9 Å². The molecule has 1 heterocycles. The first-order valence-electron chi connectivity index (χ1n) is 6.33. The van der Waals surface area contributed by atoms with Crippen LogP contribution in [0.4, 0.5) is 13.2 Å². The molecule has 1 unspecified atom stereocenters. The molecule has 0 aliphatic heterocycles. The van der Waals surface area contributed by atoms with Crippen molar-refractivity contribution in [3.8, 4) is 0 Å². The summed E-state index contributed by atoms with van der Waals surface area (Å²) in [6.07, 6.45) is 2.72. The largest absolute Gasteiger partial charge is 0.435 e. The van der Waals surface area contributed by atoms with Crippen molar-refractivity contribution in [2.24, 2.45) is 11.7 Å². The first-order valence-corrected chi connectivity index (χ1v) is 6.33. The Hall–Kier alpha value is -1.04. The van der Waals surface area contributed by atoms with Gasteiger partial charge in [0.05, 0.1) is 6.54 Å². The average Bonchev–Trinajstić information content (AvgIpc) is 2.78. The van der Waals surface area contributed by atoms with Crippen molar-refractivity contribution >= 4 is 0 Å². The molecule has 1 fully saturated rings. The summed E-state index contributed by atoms with van der Waals surface area (Å²) < 4.78 is 38.5. The van der Waals surface area contributed by atoms with E-state index in [1.807, 2.05) is 0 Å². The van der Waals surface area contributed by atoms with Gasteiger partial charge in [-0.05, 0) is 24.8 Å². The molecule has 1 atom stereocenters. The lowest BCUT2D eigenvalue weighted by Crippen LogP contribution is -2.35. The number of hydrogen-bond acceptors (Lipinski definition) is 2. The van der Waals surface area contributed by atoms with E-state index in [1.54, 1.807) is 0 Å². The molecule has 18 heavy (non-hydrogen) atoms. The Morgan fingerprint density at radius 3 is 2.56 bits per heavy atom. The van der Waals surface area contributed by atoms with Crippen LogP contribution in [0, 0.1) is 5.92 Å². The molecular weight excluding hydrogens is 243 g/mol. The number of nitrogens with zero attached hydrogens (tertiary/aromatic N) is 2. The lowest BCUT2D eigenvalue weighted by molar-refractivity contribution is -0.141. The van der Waals surface area contributed by atoms with Crippen LogP contribution < -0.4 is 5.73 Å². The quantitative estimate of drug-likeness (QED) is 0.909. The van der Waals surface area contributed by atoms with Crippen LogP contribution >= 0.6 is 0 Å². The minimum Gasteiger partial charge on any atom is -0.326 e. The van der Waals surface area contributed by atoms with Crippen LogP contribution in [0.15, 0.2) is 12.3 Å². The van der Waals surface area contributed by atoms with E-state index >= 15 is 0 Å². The summed E-state index contributed by atoms with van der Waals surface area (Å²) in [5.74, 6) is 0.414. The summed E-state index contributed by atoms with van der Waals surface area (Å²) in [6, 6.07) is 0.888. The maximum atomic E-state index is 12.4. The van der Waals surface area contributed by atoms with Crippen molar-refractivity contribution in [2.75, 3.05) is 0 Å². The summed E-state index contributed by atoms with van der Waals surface area (Å²) >= 11 is 0. The predicted octanol–water partition coefficient (Wildman–Crippen LogP) is 2.81. The van der Waals surface area contributed by atoms with Crippen LogP contribution in [0.2, 0.25) is 0 Å². The maximum Gasteiger partial charge on any atom is 0.435 e. The lowest BCUT2D eigenvalue weighted by Gasteiger charge is -2.27.